The van der Waals surface area contributed by atoms with Gasteiger partial charge in [0.1, 0.15) is 36.3 Å². The third-order valence-electron chi connectivity index (χ3n) is 13.0. The van der Waals surface area contributed by atoms with E-state index in [-0.39, 0.29) is 43.8 Å². The summed E-state index contributed by atoms with van der Waals surface area (Å²) in [6, 6.07) is 16.7. The van der Waals surface area contributed by atoms with Gasteiger partial charge in [-0.3, -0.25) is 19.2 Å². The van der Waals surface area contributed by atoms with Crippen molar-refractivity contribution in [3.05, 3.63) is 101 Å². The first-order chi connectivity index (χ1) is 32.9. The minimum absolute atomic E-state index is 0.0108. The number of halogens is 3. The molecule has 3 aromatic carbocycles. The number of hydrogen-bond donors (Lipinski definition) is 4. The zero-order valence-corrected chi connectivity index (χ0v) is 40.9. The summed E-state index contributed by atoms with van der Waals surface area (Å²) in [4.78, 5) is 59.2. The van der Waals surface area contributed by atoms with Gasteiger partial charge in [-0.1, -0.05) is 72.7 Å². The number of aliphatic hydroxyl groups excluding tert-OH is 1. The molecule has 1 saturated carbocycles. The maximum absolute atomic E-state index is 14.0. The lowest BCUT2D eigenvalue weighted by Crippen LogP contribution is -2.74. The van der Waals surface area contributed by atoms with E-state index in [1.54, 1.807) is 30.3 Å². The standard InChI is InChI=1S/C52H63F3N6O9/c1-31-42(69-30-58-31)33-14-12-32(13-15-33)27-57-45(65)40-24-36(62)28-61(40)46(66)43(49(2,3)4)59-41(63)29-67-22-10-9-11-23-68-37-19-16-34(17-20-37)44(64)60-47-50(5,6)48(51(47,7)8)70-38-21-18-35(26-56)39(25-38)52(53,54)55/h12-21,25,30,36,40,43,47-48,62H,9-11,22-24,27-29H2,1-8H3,(H,57,65)(H,59,63)(H,60,64)/t36-,40+,43?,47-,48-/m1/s1. The monoisotopic (exact) mass is 972 g/mol. The summed E-state index contributed by atoms with van der Waals surface area (Å²) in [5, 5.41) is 28.5. The number of unbranched alkanes of at least 4 members (excludes halogenated alkanes) is 2. The molecule has 376 valence electrons. The van der Waals surface area contributed by atoms with Crippen LogP contribution in [0.5, 0.6) is 11.5 Å². The van der Waals surface area contributed by atoms with Gasteiger partial charge in [-0.15, -0.1) is 0 Å². The number of aliphatic hydroxyl groups is 1. The van der Waals surface area contributed by atoms with Gasteiger partial charge in [-0.2, -0.15) is 18.4 Å². The number of ether oxygens (including phenoxy) is 3. The zero-order chi connectivity index (χ0) is 51.2. The number of nitrogens with one attached hydrogen (secondary N) is 3. The van der Waals surface area contributed by atoms with Crippen LogP contribution in [0.4, 0.5) is 13.2 Å². The van der Waals surface area contributed by atoms with Gasteiger partial charge in [0.05, 0.1) is 35.6 Å². The molecule has 2 aliphatic rings. The van der Waals surface area contributed by atoms with E-state index in [0.717, 1.165) is 35.4 Å². The lowest BCUT2D eigenvalue weighted by molar-refractivity contribution is -0.164. The normalized spacial score (nSPS) is 19.8. The molecule has 4 amide bonds. The van der Waals surface area contributed by atoms with Crippen LogP contribution in [0, 0.1) is 34.5 Å². The van der Waals surface area contributed by atoms with E-state index in [1.807, 2.05) is 79.7 Å². The second-order valence-corrected chi connectivity index (χ2v) is 20.3. The van der Waals surface area contributed by atoms with Crippen LogP contribution < -0.4 is 25.4 Å². The van der Waals surface area contributed by atoms with E-state index in [9.17, 15) is 37.5 Å². The van der Waals surface area contributed by atoms with Crippen molar-refractivity contribution in [1.82, 2.24) is 25.8 Å². The predicted molar refractivity (Wildman–Crippen MR) is 252 cm³/mol. The summed E-state index contributed by atoms with van der Waals surface area (Å²) in [7, 11) is 0. The maximum atomic E-state index is 14.0. The first-order valence-electron chi connectivity index (χ1n) is 23.4. The third-order valence-corrected chi connectivity index (χ3v) is 13.0. The number of aryl methyl sites for hydroxylation is 1. The highest BCUT2D eigenvalue weighted by Crippen LogP contribution is 2.56. The van der Waals surface area contributed by atoms with Crippen LogP contribution in [0.1, 0.15) is 107 Å². The Bertz CT molecular complexity index is 2510. The number of nitriles is 1. The lowest BCUT2D eigenvalue weighted by atomic mass is 9.49. The molecule has 0 radical (unpaired) electrons. The molecule has 2 heterocycles. The fourth-order valence-electron chi connectivity index (χ4n) is 9.60. The number of benzene rings is 3. The molecule has 1 saturated heterocycles. The number of amides is 4. The summed E-state index contributed by atoms with van der Waals surface area (Å²) in [5.74, 6) is -0.455. The Morgan fingerprint density at radius 1 is 0.943 bits per heavy atom. The second kappa shape index (κ2) is 21.7. The Balaban J connectivity index is 0.885. The van der Waals surface area contributed by atoms with Gasteiger partial charge >= 0.3 is 6.18 Å². The molecule has 2 fully saturated rings. The molecule has 15 nitrogen and oxygen atoms in total. The Hall–Kier alpha value is -6.45. The Morgan fingerprint density at radius 2 is 1.60 bits per heavy atom. The maximum Gasteiger partial charge on any atom is 0.417 e. The number of likely N-dealkylation sites (tertiary alicyclic amines) is 1. The van der Waals surface area contributed by atoms with Crippen molar-refractivity contribution in [2.75, 3.05) is 26.4 Å². The highest BCUT2D eigenvalue weighted by atomic mass is 19.4. The molecule has 4 aromatic rings. The summed E-state index contributed by atoms with van der Waals surface area (Å²) >= 11 is 0. The number of alkyl halides is 3. The molecule has 0 spiro atoms. The fraction of sp³-hybridized carbons (Fsp3) is 0.500. The number of hydrogen-bond acceptors (Lipinski definition) is 11. The molecule has 1 unspecified atom stereocenters. The second-order valence-electron chi connectivity index (χ2n) is 20.3. The molecule has 6 rings (SSSR count). The molecule has 70 heavy (non-hydrogen) atoms. The van der Waals surface area contributed by atoms with E-state index in [0.29, 0.717) is 43.1 Å². The van der Waals surface area contributed by atoms with Crippen LogP contribution >= 0.6 is 0 Å². The number of oxazole rings is 1. The first kappa shape index (κ1) is 52.9. The van der Waals surface area contributed by atoms with Crippen molar-refractivity contribution in [3.63, 3.8) is 0 Å². The van der Waals surface area contributed by atoms with Gasteiger partial charge in [-0.05, 0) is 79.6 Å². The zero-order valence-electron chi connectivity index (χ0n) is 40.9. The fourth-order valence-corrected chi connectivity index (χ4v) is 9.60. The van der Waals surface area contributed by atoms with Crippen molar-refractivity contribution in [1.29, 1.82) is 5.26 Å². The number of carbonyl (C=O) groups excluding carboxylic acids is 4. The van der Waals surface area contributed by atoms with Gasteiger partial charge in [0.25, 0.3) is 5.91 Å². The summed E-state index contributed by atoms with van der Waals surface area (Å²) in [6.45, 7) is 15.4. The third kappa shape index (κ3) is 12.5. The van der Waals surface area contributed by atoms with Gasteiger partial charge in [0.2, 0.25) is 17.7 Å². The SMILES string of the molecule is Cc1ncoc1-c1ccc(CNC(=O)[C@@H]2C[C@@H](O)CN2C(=O)C(NC(=O)COCCCCCOc2ccc(C(=O)N[C@H]3C(C)(C)[C@H](Oc4ccc(C#N)c(C(F)(F)F)c4)C3(C)C)cc2)C(C)(C)C)cc1. The average molecular weight is 973 g/mol. The highest BCUT2D eigenvalue weighted by Gasteiger charge is 2.64. The molecular formula is C52H63F3N6O9. The van der Waals surface area contributed by atoms with Crippen LogP contribution in [0.15, 0.2) is 77.5 Å². The van der Waals surface area contributed by atoms with Gasteiger partial charge in [-0.25, -0.2) is 4.98 Å². The summed E-state index contributed by atoms with van der Waals surface area (Å²) < 4.78 is 63.8. The number of carbonyl (C=O) groups is 4. The highest BCUT2D eigenvalue weighted by molar-refractivity contribution is 5.95. The van der Waals surface area contributed by atoms with E-state index in [2.05, 4.69) is 20.9 Å². The molecular weight excluding hydrogens is 910 g/mol. The number of aromatic nitrogens is 1. The van der Waals surface area contributed by atoms with Crippen LogP contribution in [-0.4, -0.2) is 95.3 Å². The molecule has 4 N–H and O–H groups in total. The van der Waals surface area contributed by atoms with Gasteiger partial charge in [0.15, 0.2) is 12.2 Å². The minimum Gasteiger partial charge on any atom is -0.494 e. The molecule has 3 atom stereocenters. The lowest BCUT2D eigenvalue weighted by Gasteiger charge is -2.63. The van der Waals surface area contributed by atoms with Crippen molar-refractivity contribution >= 4 is 23.6 Å². The minimum atomic E-state index is -4.72. The van der Waals surface area contributed by atoms with Crippen molar-refractivity contribution in [2.45, 2.75) is 124 Å². The number of rotatable bonds is 19. The van der Waals surface area contributed by atoms with E-state index < -0.39 is 75.6 Å². The van der Waals surface area contributed by atoms with Crippen molar-refractivity contribution < 1.29 is 56.1 Å². The molecule has 1 aromatic heterocycles. The predicted octanol–water partition coefficient (Wildman–Crippen LogP) is 7.53. The molecule has 18 heteroatoms. The molecule has 1 aliphatic carbocycles. The van der Waals surface area contributed by atoms with Crippen molar-refractivity contribution in [2.24, 2.45) is 16.2 Å². The van der Waals surface area contributed by atoms with Crippen LogP contribution in [0.25, 0.3) is 11.3 Å². The Morgan fingerprint density at radius 3 is 2.21 bits per heavy atom. The van der Waals surface area contributed by atoms with E-state index in [1.165, 1.54) is 17.4 Å². The number of β-amino-alcohol motifs (C(OH)–C–C–N with tert-alkyl or cyclic N) is 1. The van der Waals surface area contributed by atoms with Crippen LogP contribution in [0.3, 0.4) is 0 Å². The number of nitrogens with zero attached hydrogens (tertiary/aromatic N) is 3. The topological polar surface area (TPSA) is 205 Å². The summed E-state index contributed by atoms with van der Waals surface area (Å²) in [5.41, 5.74) is -0.724. The Kier molecular flexibility index (Phi) is 16.4. The Labute approximate surface area is 406 Å². The van der Waals surface area contributed by atoms with Crippen LogP contribution in [0.2, 0.25) is 0 Å². The smallest absolute Gasteiger partial charge is 0.417 e. The van der Waals surface area contributed by atoms with Crippen LogP contribution in [-0.2, 0) is 31.8 Å². The quantitative estimate of drug-likeness (QED) is 0.0676. The largest absolute Gasteiger partial charge is 0.494 e. The first-order valence-corrected chi connectivity index (χ1v) is 23.4. The van der Waals surface area contributed by atoms with E-state index in [4.69, 9.17) is 23.9 Å². The van der Waals surface area contributed by atoms with E-state index >= 15 is 0 Å². The van der Waals surface area contributed by atoms with Gasteiger partial charge < -0.3 is 44.6 Å². The molecule has 1 aliphatic heterocycles. The molecule has 0 bridgehead atoms. The summed E-state index contributed by atoms with van der Waals surface area (Å²) in [6.07, 6.45) is -2.63. The van der Waals surface area contributed by atoms with Crippen molar-refractivity contribution in [3.8, 4) is 28.9 Å². The van der Waals surface area contributed by atoms with Gasteiger partial charge in [0, 0.05) is 54.1 Å². The average Bonchev–Trinajstić information content (AvgIpc) is 3.93.